The Morgan fingerprint density at radius 3 is 1.75 bits per heavy atom. The van der Waals surface area contributed by atoms with Gasteiger partial charge < -0.3 is 14.9 Å². The molecule has 0 radical (unpaired) electrons. The van der Waals surface area contributed by atoms with Crippen LogP contribution >= 0.6 is 0 Å². The molecule has 2 aromatic heterocycles. The molecule has 0 aliphatic rings. The fraction of sp³-hybridized carbons (Fsp3) is 0. The van der Waals surface area contributed by atoms with E-state index in [-0.39, 0.29) is 26.8 Å². The van der Waals surface area contributed by atoms with Crippen molar-refractivity contribution in [1.82, 2.24) is 9.97 Å². The molecule has 0 atom stereocenters. The maximum Gasteiger partial charge on any atom is 0.136 e. The van der Waals surface area contributed by atoms with E-state index in [1.54, 1.807) is 12.3 Å². The molecule has 6 aromatic carbocycles. The summed E-state index contributed by atoms with van der Waals surface area (Å²) in [6, 6.07) is 66.5. The molecule has 0 bridgehead atoms. The van der Waals surface area contributed by atoms with E-state index < -0.39 is 0 Å². The molecule has 0 fully saturated rings. The third-order valence-electron chi connectivity index (χ3n) is 8.66. The van der Waals surface area contributed by atoms with Crippen LogP contribution in [0.3, 0.4) is 0 Å². The Morgan fingerprint density at radius 2 is 1.06 bits per heavy atom. The van der Waals surface area contributed by atoms with Crippen LogP contribution in [0.2, 0.25) is 0 Å². The van der Waals surface area contributed by atoms with Gasteiger partial charge in [0.2, 0.25) is 0 Å². The predicted octanol–water partition coefficient (Wildman–Crippen LogP) is 11.9. The van der Waals surface area contributed by atoms with E-state index in [2.05, 4.69) is 94.7 Å². The molecule has 1 N–H and O–H groups in total. The number of pyridine rings is 2. The standard InChI is InChI=1S/C46H33N4O.Pt/c51-45-27-11-10-26-42(45)44-33-41(49(37-20-6-2-7-21-37)38-22-8-3-9-23-38)32-43(48-44)36-19-15-25-40(31-36)50(46-28-12-13-29-47-46)39-24-14-18-35(30-39)34-16-4-1-5-17-34;/h1-30,32-33,51H;/q-1;. The van der Waals surface area contributed by atoms with Crippen LogP contribution in [-0.4, -0.2) is 15.1 Å². The number of benzene rings is 6. The smallest absolute Gasteiger partial charge is 0.136 e. The van der Waals surface area contributed by atoms with Crippen molar-refractivity contribution in [3.63, 3.8) is 0 Å². The Morgan fingerprint density at radius 1 is 0.462 bits per heavy atom. The second-order valence-electron chi connectivity index (χ2n) is 12.0. The molecule has 2 heterocycles. The molecular weight excluding hydrogens is 820 g/mol. The van der Waals surface area contributed by atoms with Gasteiger partial charge in [-0.2, -0.15) is 0 Å². The van der Waals surface area contributed by atoms with Crippen LogP contribution in [0.1, 0.15) is 0 Å². The molecule has 0 amide bonds. The number of hydrogen-bond acceptors (Lipinski definition) is 5. The number of aromatic hydroxyl groups is 1. The first-order valence-electron chi connectivity index (χ1n) is 16.8. The van der Waals surface area contributed by atoms with Gasteiger partial charge in [0.25, 0.3) is 0 Å². The largest absolute Gasteiger partial charge is 0.507 e. The number of phenolic OH excluding ortho intramolecular Hbond substituents is 1. The average Bonchev–Trinajstić information content (AvgIpc) is 3.20. The second-order valence-corrected chi connectivity index (χ2v) is 12.0. The zero-order chi connectivity index (χ0) is 34.4. The molecule has 5 nitrogen and oxygen atoms in total. The summed E-state index contributed by atoms with van der Waals surface area (Å²) in [6.45, 7) is 0. The molecule has 254 valence electrons. The minimum absolute atomic E-state index is 0. The average molecular weight is 853 g/mol. The predicted molar refractivity (Wildman–Crippen MR) is 208 cm³/mol. The third-order valence-corrected chi connectivity index (χ3v) is 8.66. The third kappa shape index (κ3) is 7.27. The normalized spacial score (nSPS) is 10.6. The molecule has 8 aromatic rings. The van der Waals surface area contributed by atoms with Gasteiger partial charge in [0.05, 0.1) is 5.69 Å². The van der Waals surface area contributed by atoms with E-state index in [1.807, 2.05) is 103 Å². The minimum Gasteiger partial charge on any atom is -0.507 e. The van der Waals surface area contributed by atoms with Crippen molar-refractivity contribution in [3.8, 4) is 39.4 Å². The number of para-hydroxylation sites is 3. The minimum atomic E-state index is 0. The van der Waals surface area contributed by atoms with Crippen LogP contribution in [0.5, 0.6) is 5.75 Å². The van der Waals surface area contributed by atoms with Crippen molar-refractivity contribution < 1.29 is 26.2 Å². The van der Waals surface area contributed by atoms with E-state index in [0.29, 0.717) is 17.0 Å². The van der Waals surface area contributed by atoms with Crippen molar-refractivity contribution in [2.75, 3.05) is 9.80 Å². The summed E-state index contributed by atoms with van der Waals surface area (Å²) in [7, 11) is 0. The number of anilines is 6. The first kappa shape index (κ1) is 34.2. The summed E-state index contributed by atoms with van der Waals surface area (Å²) in [5.41, 5.74) is 9.71. The zero-order valence-electron chi connectivity index (χ0n) is 28.0. The Bertz CT molecular complexity index is 2350. The first-order valence-corrected chi connectivity index (χ1v) is 16.8. The van der Waals surface area contributed by atoms with Crippen LogP contribution in [-0.2, 0) is 21.1 Å². The Labute approximate surface area is 318 Å². The molecule has 8 rings (SSSR count). The van der Waals surface area contributed by atoms with Crippen molar-refractivity contribution in [1.29, 1.82) is 0 Å². The van der Waals surface area contributed by atoms with Crippen molar-refractivity contribution in [3.05, 3.63) is 200 Å². The van der Waals surface area contributed by atoms with E-state index >= 15 is 0 Å². The molecule has 0 spiro atoms. The quantitative estimate of drug-likeness (QED) is 0.147. The molecular formula is C46H33N4OPt-. The number of rotatable bonds is 9. The maximum absolute atomic E-state index is 11.0. The number of aromatic nitrogens is 2. The summed E-state index contributed by atoms with van der Waals surface area (Å²) in [5.74, 6) is 0.934. The van der Waals surface area contributed by atoms with Gasteiger partial charge in [-0.1, -0.05) is 103 Å². The SMILES string of the molecule is Oc1ccccc1-c1cc(N(c2ccccc2)c2ccccc2)cc(-c2[c-]c(N(c3cccc(-c4ccccc4)c3)c3ccccn3)ccc2)n1.[Pt]. The molecule has 0 aliphatic carbocycles. The number of nitrogens with zero attached hydrogens (tertiary/aromatic N) is 4. The summed E-state index contributed by atoms with van der Waals surface area (Å²) < 4.78 is 0. The van der Waals surface area contributed by atoms with Gasteiger partial charge in [-0.25, -0.2) is 4.98 Å². The van der Waals surface area contributed by atoms with Crippen LogP contribution < -0.4 is 9.80 Å². The summed E-state index contributed by atoms with van der Waals surface area (Å²) in [5, 5.41) is 11.0. The summed E-state index contributed by atoms with van der Waals surface area (Å²) >= 11 is 0. The molecule has 0 unspecified atom stereocenters. The van der Waals surface area contributed by atoms with Crippen molar-refractivity contribution in [2.45, 2.75) is 0 Å². The zero-order valence-corrected chi connectivity index (χ0v) is 30.3. The Kier molecular flexibility index (Phi) is 10.3. The summed E-state index contributed by atoms with van der Waals surface area (Å²) in [4.78, 5) is 14.2. The van der Waals surface area contributed by atoms with Crippen molar-refractivity contribution >= 4 is 34.3 Å². The van der Waals surface area contributed by atoms with Gasteiger partial charge >= 0.3 is 0 Å². The number of hydrogen-bond donors (Lipinski definition) is 1. The fourth-order valence-corrected chi connectivity index (χ4v) is 6.29. The molecule has 6 heteroatoms. The molecule has 0 saturated heterocycles. The van der Waals surface area contributed by atoms with Crippen molar-refractivity contribution in [2.24, 2.45) is 0 Å². The van der Waals surface area contributed by atoms with Gasteiger partial charge in [-0.15, -0.1) is 29.8 Å². The molecule has 0 aliphatic heterocycles. The van der Waals surface area contributed by atoms with Gasteiger partial charge in [0.15, 0.2) is 0 Å². The van der Waals surface area contributed by atoms with Crippen LogP contribution in [0.15, 0.2) is 194 Å². The van der Waals surface area contributed by atoms with Crippen LogP contribution in [0.25, 0.3) is 33.6 Å². The van der Waals surface area contributed by atoms with E-state index in [1.165, 1.54) is 0 Å². The Hall–Kier alpha value is -6.29. The van der Waals surface area contributed by atoms with E-state index in [0.717, 1.165) is 50.9 Å². The van der Waals surface area contributed by atoms with Crippen LogP contribution in [0, 0.1) is 6.07 Å². The Balaban J connectivity index is 0.00000420. The first-order chi connectivity index (χ1) is 25.2. The van der Waals surface area contributed by atoms with Gasteiger partial charge in [0, 0.05) is 55.6 Å². The maximum atomic E-state index is 11.0. The molecule has 0 saturated carbocycles. The van der Waals surface area contributed by atoms with Gasteiger partial charge in [-0.3, -0.25) is 4.98 Å². The summed E-state index contributed by atoms with van der Waals surface area (Å²) in [6.07, 6.45) is 1.80. The van der Waals surface area contributed by atoms with E-state index in [9.17, 15) is 5.11 Å². The van der Waals surface area contributed by atoms with Gasteiger partial charge in [-0.05, 0) is 89.2 Å². The number of phenols is 1. The second kappa shape index (κ2) is 15.7. The van der Waals surface area contributed by atoms with E-state index in [4.69, 9.17) is 9.97 Å². The van der Waals surface area contributed by atoms with Gasteiger partial charge in [0.1, 0.15) is 11.6 Å². The monoisotopic (exact) mass is 852 g/mol. The fourth-order valence-electron chi connectivity index (χ4n) is 6.29. The van der Waals surface area contributed by atoms with Crippen LogP contribution in [0.4, 0.5) is 34.3 Å². The molecule has 52 heavy (non-hydrogen) atoms. The topological polar surface area (TPSA) is 52.5 Å².